The van der Waals surface area contributed by atoms with E-state index in [4.69, 9.17) is 5.26 Å². The third kappa shape index (κ3) is 3.94. The molecule has 0 spiro atoms. The molecule has 0 aromatic carbocycles. The highest BCUT2D eigenvalue weighted by Crippen LogP contribution is 2.34. The number of nitrogens with zero attached hydrogens (tertiary/aromatic N) is 1. The number of hydrogen-bond donors (Lipinski definition) is 0. The van der Waals surface area contributed by atoms with Crippen LogP contribution in [0.15, 0.2) is 0 Å². The van der Waals surface area contributed by atoms with Crippen LogP contribution in [0.25, 0.3) is 0 Å². The average molecular weight is 295 g/mol. The van der Waals surface area contributed by atoms with Crippen LogP contribution in [0.1, 0.15) is 27.2 Å². The number of hydrogen-bond acceptors (Lipinski definition) is 3. The van der Waals surface area contributed by atoms with Crippen molar-refractivity contribution >= 4 is 28.6 Å². The van der Waals surface area contributed by atoms with Crippen molar-refractivity contribution in [3.8, 4) is 6.07 Å². The van der Waals surface area contributed by atoms with E-state index in [-0.39, 0.29) is 5.97 Å². The molecular formula is C9H14INO2. The molecule has 0 aliphatic heterocycles. The van der Waals surface area contributed by atoms with Crippen LogP contribution in [0.4, 0.5) is 0 Å². The first-order valence-electron chi connectivity index (χ1n) is 3.94. The normalized spacial score (nSPS) is 15.7. The van der Waals surface area contributed by atoms with E-state index in [1.807, 2.05) is 36.4 Å². The Balaban J connectivity index is 4.53. The van der Waals surface area contributed by atoms with Gasteiger partial charge >= 0.3 is 5.97 Å². The molecule has 3 nitrogen and oxygen atoms in total. The van der Waals surface area contributed by atoms with E-state index in [2.05, 4.69) is 10.8 Å². The van der Waals surface area contributed by atoms with Crippen molar-refractivity contribution < 1.29 is 9.53 Å². The number of alkyl halides is 1. The second-order valence-electron chi connectivity index (χ2n) is 3.86. The van der Waals surface area contributed by atoms with Crippen LogP contribution in [0, 0.1) is 16.7 Å². The van der Waals surface area contributed by atoms with E-state index >= 15 is 0 Å². The van der Waals surface area contributed by atoms with Gasteiger partial charge in [-0.2, -0.15) is 5.26 Å². The van der Waals surface area contributed by atoms with Crippen molar-refractivity contribution in [3.63, 3.8) is 0 Å². The second kappa shape index (κ2) is 4.27. The number of ether oxygens (including phenoxy) is 1. The summed E-state index contributed by atoms with van der Waals surface area (Å²) < 4.78 is 4.03. The predicted molar refractivity (Wildman–Crippen MR) is 58.5 cm³/mol. The Morgan fingerprint density at radius 1 is 1.54 bits per heavy atom. The Morgan fingerprint density at radius 2 is 2.00 bits per heavy atom. The van der Waals surface area contributed by atoms with Crippen molar-refractivity contribution in [2.45, 2.75) is 30.6 Å². The van der Waals surface area contributed by atoms with Crippen LogP contribution in [-0.4, -0.2) is 16.5 Å². The zero-order valence-electron chi connectivity index (χ0n) is 8.35. The summed E-state index contributed by atoms with van der Waals surface area (Å²) in [4.78, 5) is 11.3. The van der Waals surface area contributed by atoms with Crippen LogP contribution in [0.5, 0.6) is 0 Å². The summed E-state index contributed by atoms with van der Waals surface area (Å²) in [6.07, 6.45) is 0.490. The van der Waals surface area contributed by atoms with Gasteiger partial charge in [0, 0.05) is 0 Å². The largest absolute Gasteiger partial charge is 0.468 e. The molecule has 0 fully saturated rings. The first-order valence-corrected chi connectivity index (χ1v) is 5.01. The van der Waals surface area contributed by atoms with Crippen LogP contribution in [0.2, 0.25) is 0 Å². The summed E-state index contributed by atoms with van der Waals surface area (Å²) in [6, 6.07) is 2.16. The molecule has 74 valence electrons. The van der Waals surface area contributed by atoms with Gasteiger partial charge in [-0.05, 0) is 27.2 Å². The number of carbonyl (C=O) groups excluding carboxylic acids is 1. The van der Waals surface area contributed by atoms with Gasteiger partial charge in [0.25, 0.3) is 0 Å². The van der Waals surface area contributed by atoms with Crippen LogP contribution < -0.4 is 0 Å². The molecule has 0 aliphatic carbocycles. The molecule has 1 unspecified atom stereocenters. The van der Waals surface area contributed by atoms with Gasteiger partial charge in [0.15, 0.2) is 0 Å². The second-order valence-corrected chi connectivity index (χ2v) is 6.24. The fourth-order valence-corrected chi connectivity index (χ4v) is 2.33. The van der Waals surface area contributed by atoms with E-state index in [9.17, 15) is 4.79 Å². The number of esters is 1. The molecule has 0 heterocycles. The van der Waals surface area contributed by atoms with Crippen LogP contribution in [0.3, 0.4) is 0 Å². The number of rotatable bonds is 3. The summed E-state index contributed by atoms with van der Waals surface area (Å²) in [5.74, 6) is -0.281. The maximum Gasteiger partial charge on any atom is 0.321 e. The monoisotopic (exact) mass is 295 g/mol. The van der Waals surface area contributed by atoms with Crippen LogP contribution >= 0.6 is 22.6 Å². The highest BCUT2D eigenvalue weighted by molar-refractivity contribution is 14.1. The molecule has 0 aromatic heterocycles. The highest BCUT2D eigenvalue weighted by Gasteiger charge is 2.37. The molecule has 1 atom stereocenters. The van der Waals surface area contributed by atoms with Crippen LogP contribution in [-0.2, 0) is 9.53 Å². The minimum atomic E-state index is -0.619. The zero-order chi connectivity index (χ0) is 10.7. The maximum atomic E-state index is 11.3. The number of halogens is 1. The Hall–Kier alpha value is -0.310. The smallest absolute Gasteiger partial charge is 0.321 e. The Labute approximate surface area is 92.6 Å². The van der Waals surface area contributed by atoms with Gasteiger partial charge in [-0.25, -0.2) is 0 Å². The van der Waals surface area contributed by atoms with Gasteiger partial charge < -0.3 is 4.74 Å². The maximum absolute atomic E-state index is 11.3. The van der Waals surface area contributed by atoms with Gasteiger partial charge in [-0.15, -0.1) is 0 Å². The topological polar surface area (TPSA) is 50.1 Å². The first kappa shape index (κ1) is 12.7. The molecule has 0 amide bonds. The van der Waals surface area contributed by atoms with Crippen molar-refractivity contribution in [2.75, 3.05) is 7.11 Å². The average Bonchev–Trinajstić information content (AvgIpc) is 2.01. The van der Waals surface area contributed by atoms with Crippen molar-refractivity contribution in [3.05, 3.63) is 0 Å². The summed E-state index contributed by atoms with van der Waals surface area (Å²) >= 11 is 2.02. The van der Waals surface area contributed by atoms with Gasteiger partial charge in [-0.1, -0.05) is 22.6 Å². The zero-order valence-corrected chi connectivity index (χ0v) is 10.5. The van der Waals surface area contributed by atoms with Crippen molar-refractivity contribution in [1.82, 2.24) is 0 Å². The molecule has 0 aliphatic rings. The third-order valence-corrected chi connectivity index (χ3v) is 2.51. The standard InChI is InChI=1S/C9H14INO2/c1-8(2,6-11)5-9(3,10)7(12)13-4/h5H2,1-4H3. The lowest BCUT2D eigenvalue weighted by Gasteiger charge is -2.26. The minimum absolute atomic E-state index is 0.281. The van der Waals surface area contributed by atoms with Gasteiger partial charge in [0.05, 0.1) is 18.6 Å². The van der Waals surface area contributed by atoms with Gasteiger partial charge in [-0.3, -0.25) is 4.79 Å². The molecule has 0 rings (SSSR count). The summed E-state index contributed by atoms with van der Waals surface area (Å²) in [5, 5.41) is 8.81. The Morgan fingerprint density at radius 3 is 2.31 bits per heavy atom. The lowest BCUT2D eigenvalue weighted by Crippen LogP contribution is -2.34. The van der Waals surface area contributed by atoms with Gasteiger partial charge in [0.1, 0.15) is 3.42 Å². The first-order chi connectivity index (χ1) is 5.75. The highest BCUT2D eigenvalue weighted by atomic mass is 127. The predicted octanol–water partition coefficient (Wildman–Crippen LogP) is 2.29. The summed E-state index contributed by atoms with van der Waals surface area (Å²) in [5.41, 5.74) is -0.496. The molecular weight excluding hydrogens is 281 g/mol. The quantitative estimate of drug-likeness (QED) is 0.456. The number of carbonyl (C=O) groups is 1. The lowest BCUT2D eigenvalue weighted by atomic mass is 9.85. The Kier molecular flexibility index (Phi) is 4.17. The third-order valence-electron chi connectivity index (χ3n) is 1.69. The van der Waals surface area contributed by atoms with E-state index in [1.165, 1.54) is 7.11 Å². The fourth-order valence-electron chi connectivity index (χ4n) is 1.15. The van der Waals surface area contributed by atoms with Crippen molar-refractivity contribution in [1.29, 1.82) is 5.26 Å². The molecule has 4 heteroatoms. The van der Waals surface area contributed by atoms with E-state index in [1.54, 1.807) is 6.92 Å². The van der Waals surface area contributed by atoms with E-state index in [0.717, 1.165) is 0 Å². The molecule has 0 radical (unpaired) electrons. The molecule has 0 saturated heterocycles. The number of methoxy groups -OCH3 is 1. The van der Waals surface area contributed by atoms with E-state index in [0.29, 0.717) is 6.42 Å². The molecule has 0 saturated carbocycles. The number of nitriles is 1. The van der Waals surface area contributed by atoms with Crippen molar-refractivity contribution in [2.24, 2.45) is 5.41 Å². The minimum Gasteiger partial charge on any atom is -0.468 e. The molecule has 0 N–H and O–H groups in total. The lowest BCUT2D eigenvalue weighted by molar-refractivity contribution is -0.143. The fraction of sp³-hybridized carbons (Fsp3) is 0.778. The summed E-state index contributed by atoms with van der Waals surface area (Å²) in [7, 11) is 1.36. The Bertz CT molecular complexity index is 240. The molecule has 13 heavy (non-hydrogen) atoms. The van der Waals surface area contributed by atoms with E-state index < -0.39 is 8.84 Å². The SMILES string of the molecule is COC(=O)C(C)(I)CC(C)(C)C#N. The summed E-state index contributed by atoms with van der Waals surface area (Å²) in [6.45, 7) is 5.40. The van der Waals surface area contributed by atoms with Gasteiger partial charge in [0.2, 0.25) is 0 Å². The molecule has 0 bridgehead atoms. The molecule has 0 aromatic rings.